The Hall–Kier alpha value is -2.14. The summed E-state index contributed by atoms with van der Waals surface area (Å²) in [6.45, 7) is 3.15. The molecule has 22 heavy (non-hydrogen) atoms. The molecule has 1 amide bonds. The van der Waals surface area contributed by atoms with Crippen molar-refractivity contribution < 1.29 is 9.21 Å². The fourth-order valence-electron chi connectivity index (χ4n) is 3.67. The Morgan fingerprint density at radius 1 is 1.36 bits per heavy atom. The van der Waals surface area contributed by atoms with Crippen LogP contribution >= 0.6 is 0 Å². The van der Waals surface area contributed by atoms with Crippen LogP contribution in [0.15, 0.2) is 47.5 Å². The predicted octanol–water partition coefficient (Wildman–Crippen LogP) is 2.38. The second-order valence-corrected chi connectivity index (χ2v) is 6.31. The van der Waals surface area contributed by atoms with Crippen molar-refractivity contribution in [2.24, 2.45) is 17.8 Å². The predicted molar refractivity (Wildman–Crippen MR) is 81.9 cm³/mol. The van der Waals surface area contributed by atoms with Gasteiger partial charge in [0, 0.05) is 37.8 Å². The molecule has 1 saturated carbocycles. The molecule has 2 fully saturated rings. The number of nitrogens with one attached hydrogen (secondary N) is 1. The van der Waals surface area contributed by atoms with Gasteiger partial charge in [-0.05, 0) is 36.0 Å². The molecule has 2 aromatic rings. The van der Waals surface area contributed by atoms with Crippen molar-refractivity contribution in [3.05, 3.63) is 48.7 Å². The van der Waals surface area contributed by atoms with E-state index in [1.807, 2.05) is 24.5 Å². The van der Waals surface area contributed by atoms with Crippen LogP contribution < -0.4 is 5.32 Å². The summed E-state index contributed by atoms with van der Waals surface area (Å²) in [5, 5.41) is 2.92. The molecule has 2 aromatic heterocycles. The Balaban J connectivity index is 1.24. The van der Waals surface area contributed by atoms with Crippen molar-refractivity contribution in [2.45, 2.75) is 13.0 Å². The Morgan fingerprint density at radius 3 is 2.91 bits per heavy atom. The molecule has 1 unspecified atom stereocenters. The summed E-state index contributed by atoms with van der Waals surface area (Å²) >= 11 is 0. The molecule has 5 heteroatoms. The zero-order valence-corrected chi connectivity index (χ0v) is 12.3. The van der Waals surface area contributed by atoms with Gasteiger partial charge in [-0.1, -0.05) is 0 Å². The molecule has 0 spiro atoms. The highest BCUT2D eigenvalue weighted by atomic mass is 16.3. The zero-order valence-electron chi connectivity index (χ0n) is 12.3. The SMILES string of the molecule is O=C(CC1[C@H]2CN(Cc3ccoc3)C[C@@H]12)Nc1cccnc1. The van der Waals surface area contributed by atoms with Crippen molar-refractivity contribution in [1.29, 1.82) is 0 Å². The highest BCUT2D eigenvalue weighted by molar-refractivity contribution is 5.90. The molecule has 3 heterocycles. The topological polar surface area (TPSA) is 58.4 Å². The molecule has 4 rings (SSSR count). The highest BCUT2D eigenvalue weighted by Crippen LogP contribution is 2.53. The third-order valence-corrected chi connectivity index (χ3v) is 4.80. The molecule has 0 aromatic carbocycles. The van der Waals surface area contributed by atoms with Crippen LogP contribution in [0.1, 0.15) is 12.0 Å². The van der Waals surface area contributed by atoms with Crippen LogP contribution in [0.25, 0.3) is 0 Å². The van der Waals surface area contributed by atoms with Crippen molar-refractivity contribution in [3.63, 3.8) is 0 Å². The van der Waals surface area contributed by atoms with Crippen LogP contribution in [0.2, 0.25) is 0 Å². The number of hydrogen-bond acceptors (Lipinski definition) is 4. The maximum atomic E-state index is 12.1. The normalized spacial score (nSPS) is 26.6. The number of amides is 1. The summed E-state index contributed by atoms with van der Waals surface area (Å²) in [5.74, 6) is 2.03. The van der Waals surface area contributed by atoms with Gasteiger partial charge in [0.05, 0.1) is 24.4 Å². The first-order chi connectivity index (χ1) is 10.8. The molecule has 114 valence electrons. The summed E-state index contributed by atoms with van der Waals surface area (Å²) in [4.78, 5) is 18.5. The maximum Gasteiger partial charge on any atom is 0.224 e. The number of carbonyl (C=O) groups excluding carboxylic acids is 1. The lowest BCUT2D eigenvalue weighted by molar-refractivity contribution is -0.116. The number of nitrogens with zero attached hydrogens (tertiary/aromatic N) is 2. The number of piperidine rings is 1. The van der Waals surface area contributed by atoms with E-state index in [0.717, 1.165) is 25.3 Å². The van der Waals surface area contributed by atoms with E-state index in [1.165, 1.54) is 5.56 Å². The number of furan rings is 1. The Kier molecular flexibility index (Phi) is 3.42. The molecular formula is C17H19N3O2. The third-order valence-electron chi connectivity index (χ3n) is 4.80. The number of aromatic nitrogens is 1. The van der Waals surface area contributed by atoms with E-state index in [4.69, 9.17) is 4.42 Å². The number of hydrogen-bond donors (Lipinski definition) is 1. The lowest BCUT2D eigenvalue weighted by Crippen LogP contribution is -2.25. The standard InChI is InChI=1S/C17H19N3O2/c21-17(19-13-2-1-4-18-7-13)6-14-15-9-20(10-16(14)15)8-12-3-5-22-11-12/h1-5,7,11,14-16H,6,8-10H2,(H,19,21)/t14?,15-,16+. The number of likely N-dealkylation sites (tertiary alicyclic amines) is 1. The molecule has 1 aliphatic heterocycles. The average Bonchev–Trinajstić information content (AvgIpc) is 2.93. The Labute approximate surface area is 129 Å². The molecule has 2 aliphatic rings. The van der Waals surface area contributed by atoms with E-state index in [0.29, 0.717) is 24.2 Å². The molecule has 5 nitrogen and oxygen atoms in total. The molecular weight excluding hydrogens is 278 g/mol. The van der Waals surface area contributed by atoms with Crippen LogP contribution in [-0.4, -0.2) is 28.9 Å². The van der Waals surface area contributed by atoms with Crippen LogP contribution in [-0.2, 0) is 11.3 Å². The van der Waals surface area contributed by atoms with Gasteiger partial charge in [0.25, 0.3) is 0 Å². The Morgan fingerprint density at radius 2 is 2.23 bits per heavy atom. The molecule has 3 atom stereocenters. The summed E-state index contributed by atoms with van der Waals surface area (Å²) in [6.07, 6.45) is 7.54. The van der Waals surface area contributed by atoms with Crippen molar-refractivity contribution in [2.75, 3.05) is 18.4 Å². The monoisotopic (exact) mass is 297 g/mol. The minimum absolute atomic E-state index is 0.105. The van der Waals surface area contributed by atoms with Crippen molar-refractivity contribution in [1.82, 2.24) is 9.88 Å². The van der Waals surface area contributed by atoms with Gasteiger partial charge >= 0.3 is 0 Å². The fraction of sp³-hybridized carbons (Fsp3) is 0.412. The van der Waals surface area contributed by atoms with Gasteiger partial charge in [0.1, 0.15) is 0 Å². The van der Waals surface area contributed by atoms with Gasteiger partial charge in [-0.15, -0.1) is 0 Å². The summed E-state index contributed by atoms with van der Waals surface area (Å²) in [5.41, 5.74) is 2.01. The van der Waals surface area contributed by atoms with Gasteiger partial charge in [0.15, 0.2) is 0 Å². The number of pyridine rings is 1. The van der Waals surface area contributed by atoms with Gasteiger partial charge in [-0.3, -0.25) is 14.7 Å². The van der Waals surface area contributed by atoms with E-state index in [-0.39, 0.29) is 5.91 Å². The van der Waals surface area contributed by atoms with Crippen LogP contribution in [0.4, 0.5) is 5.69 Å². The molecule has 1 N–H and O–H groups in total. The number of carbonyl (C=O) groups is 1. The van der Waals surface area contributed by atoms with Crippen LogP contribution in [0.3, 0.4) is 0 Å². The lowest BCUT2D eigenvalue weighted by Gasteiger charge is -2.18. The average molecular weight is 297 g/mol. The van der Waals surface area contributed by atoms with Gasteiger partial charge < -0.3 is 9.73 Å². The van der Waals surface area contributed by atoms with E-state index in [1.54, 1.807) is 18.7 Å². The summed E-state index contributed by atoms with van der Waals surface area (Å²) in [6, 6.07) is 5.71. The summed E-state index contributed by atoms with van der Waals surface area (Å²) in [7, 11) is 0. The molecule has 1 saturated heterocycles. The van der Waals surface area contributed by atoms with Crippen molar-refractivity contribution >= 4 is 11.6 Å². The first kappa shape index (κ1) is 13.5. The maximum absolute atomic E-state index is 12.1. The first-order valence-corrected chi connectivity index (χ1v) is 7.73. The van der Waals surface area contributed by atoms with E-state index >= 15 is 0 Å². The molecule has 0 bridgehead atoms. The smallest absolute Gasteiger partial charge is 0.224 e. The second kappa shape index (κ2) is 5.57. The van der Waals surface area contributed by atoms with Crippen LogP contribution in [0.5, 0.6) is 0 Å². The number of anilines is 1. The van der Waals surface area contributed by atoms with Crippen LogP contribution in [0, 0.1) is 17.8 Å². The first-order valence-electron chi connectivity index (χ1n) is 7.73. The minimum Gasteiger partial charge on any atom is -0.472 e. The van der Waals surface area contributed by atoms with Gasteiger partial charge in [0.2, 0.25) is 5.91 Å². The minimum atomic E-state index is 0.105. The van der Waals surface area contributed by atoms with Gasteiger partial charge in [-0.25, -0.2) is 0 Å². The highest BCUT2D eigenvalue weighted by Gasteiger charge is 2.55. The molecule has 1 aliphatic carbocycles. The third kappa shape index (κ3) is 2.76. The quantitative estimate of drug-likeness (QED) is 0.920. The summed E-state index contributed by atoms with van der Waals surface area (Å²) < 4.78 is 5.11. The fourth-order valence-corrected chi connectivity index (χ4v) is 3.67. The van der Waals surface area contributed by atoms with E-state index in [9.17, 15) is 4.79 Å². The largest absolute Gasteiger partial charge is 0.472 e. The molecule has 0 radical (unpaired) electrons. The number of rotatable bonds is 5. The second-order valence-electron chi connectivity index (χ2n) is 6.31. The lowest BCUT2D eigenvalue weighted by atomic mass is 10.1. The zero-order chi connectivity index (χ0) is 14.9. The number of fused-ring (bicyclic) bond motifs is 1. The van der Waals surface area contributed by atoms with Crippen molar-refractivity contribution in [3.8, 4) is 0 Å². The Bertz CT molecular complexity index is 629. The van der Waals surface area contributed by atoms with E-state index in [2.05, 4.69) is 15.2 Å². The van der Waals surface area contributed by atoms with Gasteiger partial charge in [-0.2, -0.15) is 0 Å². The van der Waals surface area contributed by atoms with E-state index < -0.39 is 0 Å².